The van der Waals surface area contributed by atoms with Gasteiger partial charge in [-0.1, -0.05) is 11.6 Å². The van der Waals surface area contributed by atoms with Crippen LogP contribution in [0, 0.1) is 0 Å². The molecule has 9 heteroatoms. The van der Waals surface area contributed by atoms with Crippen LogP contribution in [0.25, 0.3) is 0 Å². The Balaban J connectivity index is 1.91. The van der Waals surface area contributed by atoms with E-state index in [0.717, 1.165) is 16.2 Å². The van der Waals surface area contributed by atoms with Crippen molar-refractivity contribution in [2.45, 2.75) is 10.6 Å². The lowest BCUT2D eigenvalue weighted by Crippen LogP contribution is -2.27. The molecule has 2 aromatic heterocycles. The third-order valence-electron chi connectivity index (χ3n) is 2.78. The molecule has 0 radical (unpaired) electrons. The fraction of sp³-hybridized carbons (Fsp3) is 0.250. The largest absolute Gasteiger partial charge is 0.350 e. The zero-order valence-electron chi connectivity index (χ0n) is 11.2. The molecule has 0 aliphatic rings. The molecule has 0 atom stereocenters. The molecule has 6 nitrogen and oxygen atoms in total. The Bertz CT molecular complexity index is 765. The molecule has 0 bridgehead atoms. The number of thiophene rings is 1. The molecular formula is C12H14ClN3O3S2. The summed E-state index contributed by atoms with van der Waals surface area (Å²) in [5.74, 6) is -0.229. The van der Waals surface area contributed by atoms with Gasteiger partial charge in [-0.15, -0.1) is 11.3 Å². The van der Waals surface area contributed by atoms with E-state index in [-0.39, 0.29) is 10.1 Å². The summed E-state index contributed by atoms with van der Waals surface area (Å²) in [5, 5.41) is 8.30. The fourth-order valence-corrected chi connectivity index (χ4v) is 3.81. The smallest absolute Gasteiger partial charge is 0.267 e. The molecule has 0 unspecified atom stereocenters. The van der Waals surface area contributed by atoms with Gasteiger partial charge in [-0.2, -0.15) is 0 Å². The molecule has 3 N–H and O–H groups in total. The number of halogens is 1. The van der Waals surface area contributed by atoms with Crippen LogP contribution in [0.5, 0.6) is 0 Å². The highest BCUT2D eigenvalue weighted by atomic mass is 35.5. The number of sulfonamides is 1. The lowest BCUT2D eigenvalue weighted by molar-refractivity contribution is 0.0946. The van der Waals surface area contributed by atoms with Gasteiger partial charge < -0.3 is 9.88 Å². The molecule has 0 saturated heterocycles. The Kier molecular flexibility index (Phi) is 4.72. The predicted octanol–water partition coefficient (Wildman–Crippen LogP) is 1.36. The van der Waals surface area contributed by atoms with Crippen molar-refractivity contribution in [3.8, 4) is 0 Å². The SMILES string of the molecule is Cn1cc(Cl)cc1C(=O)NCCc1ccc(S(N)(=O)=O)s1. The van der Waals surface area contributed by atoms with Gasteiger partial charge in [0.05, 0.1) is 5.02 Å². The molecule has 0 aromatic carbocycles. The topological polar surface area (TPSA) is 94.2 Å². The second kappa shape index (κ2) is 6.18. The molecule has 0 fully saturated rings. The molecule has 0 aliphatic heterocycles. The van der Waals surface area contributed by atoms with Crippen LogP contribution < -0.4 is 10.5 Å². The van der Waals surface area contributed by atoms with Crippen LogP contribution in [0.1, 0.15) is 15.4 Å². The Morgan fingerprint density at radius 2 is 2.19 bits per heavy atom. The molecule has 0 saturated carbocycles. The Morgan fingerprint density at radius 1 is 1.48 bits per heavy atom. The van der Waals surface area contributed by atoms with Crippen molar-refractivity contribution in [1.29, 1.82) is 0 Å². The first-order valence-corrected chi connectivity index (χ1v) is 8.73. The molecule has 1 amide bonds. The highest BCUT2D eigenvalue weighted by Crippen LogP contribution is 2.20. The molecule has 2 heterocycles. The number of carbonyl (C=O) groups is 1. The molecule has 2 aromatic rings. The van der Waals surface area contributed by atoms with Crippen LogP contribution in [0.4, 0.5) is 0 Å². The molecule has 21 heavy (non-hydrogen) atoms. The molecule has 2 rings (SSSR count). The van der Waals surface area contributed by atoms with Gasteiger partial charge in [0.2, 0.25) is 10.0 Å². The van der Waals surface area contributed by atoms with Crippen molar-refractivity contribution in [3.63, 3.8) is 0 Å². The lowest BCUT2D eigenvalue weighted by atomic mass is 10.3. The van der Waals surface area contributed by atoms with E-state index in [1.165, 1.54) is 6.07 Å². The van der Waals surface area contributed by atoms with Crippen molar-refractivity contribution in [1.82, 2.24) is 9.88 Å². The number of rotatable bonds is 5. The van der Waals surface area contributed by atoms with Crippen molar-refractivity contribution in [3.05, 3.63) is 40.0 Å². The minimum absolute atomic E-state index is 0.123. The highest BCUT2D eigenvalue weighted by molar-refractivity contribution is 7.91. The van der Waals surface area contributed by atoms with Gasteiger partial charge in [-0.3, -0.25) is 4.79 Å². The van der Waals surface area contributed by atoms with Crippen molar-refractivity contribution in [2.75, 3.05) is 6.54 Å². The van der Waals surface area contributed by atoms with Crippen LogP contribution in [0.2, 0.25) is 5.02 Å². The first kappa shape index (κ1) is 16.0. The zero-order chi connectivity index (χ0) is 15.6. The molecular weight excluding hydrogens is 334 g/mol. The van der Waals surface area contributed by atoms with Gasteiger partial charge in [0.15, 0.2) is 0 Å². The molecule has 114 valence electrons. The summed E-state index contributed by atoms with van der Waals surface area (Å²) in [6.07, 6.45) is 2.18. The van der Waals surface area contributed by atoms with Crippen LogP contribution in [0.15, 0.2) is 28.6 Å². The zero-order valence-corrected chi connectivity index (χ0v) is 13.6. The van der Waals surface area contributed by atoms with Crippen molar-refractivity contribution in [2.24, 2.45) is 12.2 Å². The second-order valence-corrected chi connectivity index (χ2v) is 7.82. The Morgan fingerprint density at radius 3 is 2.71 bits per heavy atom. The van der Waals surface area contributed by atoms with Gasteiger partial charge >= 0.3 is 0 Å². The van der Waals surface area contributed by atoms with Crippen molar-refractivity contribution >= 4 is 38.9 Å². The quantitative estimate of drug-likeness (QED) is 0.855. The number of carbonyl (C=O) groups excluding carboxylic acids is 1. The average molecular weight is 348 g/mol. The van der Waals surface area contributed by atoms with E-state index in [0.29, 0.717) is 23.7 Å². The number of aryl methyl sites for hydroxylation is 1. The van der Waals surface area contributed by atoms with Gasteiger partial charge in [0.1, 0.15) is 9.90 Å². The highest BCUT2D eigenvalue weighted by Gasteiger charge is 2.13. The first-order valence-electron chi connectivity index (χ1n) is 5.99. The summed E-state index contributed by atoms with van der Waals surface area (Å²) in [6.45, 7) is 0.395. The van der Waals surface area contributed by atoms with Gasteiger partial charge in [-0.25, -0.2) is 13.6 Å². The van der Waals surface area contributed by atoms with E-state index < -0.39 is 10.0 Å². The maximum atomic E-state index is 11.9. The minimum Gasteiger partial charge on any atom is -0.350 e. The second-order valence-electron chi connectivity index (χ2n) is 4.43. The summed E-state index contributed by atoms with van der Waals surface area (Å²) >= 11 is 6.92. The monoisotopic (exact) mass is 347 g/mol. The number of hydrogen-bond acceptors (Lipinski definition) is 4. The standard InChI is InChI=1S/C12H14ClN3O3S2/c1-16-7-8(13)6-10(16)12(17)15-5-4-9-2-3-11(20-9)21(14,18)19/h2-3,6-7H,4-5H2,1H3,(H,15,17)(H2,14,18,19). The number of primary sulfonamides is 1. The van der Waals surface area contributed by atoms with Crippen LogP contribution in [0.3, 0.4) is 0 Å². The van der Waals surface area contributed by atoms with Crippen LogP contribution in [-0.2, 0) is 23.5 Å². The van der Waals surface area contributed by atoms with E-state index in [4.69, 9.17) is 16.7 Å². The average Bonchev–Trinajstić information content (AvgIpc) is 2.95. The number of aromatic nitrogens is 1. The van der Waals surface area contributed by atoms with E-state index in [1.807, 2.05) is 0 Å². The lowest BCUT2D eigenvalue weighted by Gasteiger charge is -2.04. The van der Waals surface area contributed by atoms with Crippen LogP contribution in [-0.4, -0.2) is 25.4 Å². The van der Waals surface area contributed by atoms with Gasteiger partial charge in [0, 0.05) is 24.7 Å². The van der Waals surface area contributed by atoms with Gasteiger partial charge in [0.25, 0.3) is 5.91 Å². The normalized spacial score (nSPS) is 11.6. The first-order chi connectivity index (χ1) is 9.77. The van der Waals surface area contributed by atoms with E-state index in [9.17, 15) is 13.2 Å². The third kappa shape index (κ3) is 4.07. The Hall–Kier alpha value is -1.35. The molecule has 0 aliphatic carbocycles. The number of nitrogens with two attached hydrogens (primary N) is 1. The number of hydrogen-bond donors (Lipinski definition) is 2. The van der Waals surface area contributed by atoms with E-state index in [2.05, 4.69) is 5.32 Å². The maximum Gasteiger partial charge on any atom is 0.267 e. The summed E-state index contributed by atoms with van der Waals surface area (Å²) in [4.78, 5) is 12.8. The summed E-state index contributed by atoms with van der Waals surface area (Å²) in [5.41, 5.74) is 0.469. The van der Waals surface area contributed by atoms with Crippen molar-refractivity contribution < 1.29 is 13.2 Å². The van der Waals surface area contributed by atoms with Crippen LogP contribution >= 0.6 is 22.9 Å². The Labute approximate surface area is 131 Å². The van der Waals surface area contributed by atoms with Gasteiger partial charge in [-0.05, 0) is 24.6 Å². The maximum absolute atomic E-state index is 11.9. The number of amides is 1. The molecule has 0 spiro atoms. The summed E-state index contributed by atoms with van der Waals surface area (Å²) < 4.78 is 24.1. The predicted molar refractivity (Wildman–Crippen MR) is 82.2 cm³/mol. The summed E-state index contributed by atoms with van der Waals surface area (Å²) in [6, 6.07) is 4.74. The van der Waals surface area contributed by atoms with E-state index >= 15 is 0 Å². The van der Waals surface area contributed by atoms with E-state index in [1.54, 1.807) is 29.9 Å². The fourth-order valence-electron chi connectivity index (χ4n) is 1.79. The number of nitrogens with zero attached hydrogens (tertiary/aromatic N) is 1. The summed E-state index contributed by atoms with van der Waals surface area (Å²) in [7, 11) is -1.92. The number of nitrogens with one attached hydrogen (secondary N) is 1. The third-order valence-corrected chi connectivity index (χ3v) is 5.57. The minimum atomic E-state index is -3.66.